The average molecular weight is 773 g/mol. The summed E-state index contributed by atoms with van der Waals surface area (Å²) in [7, 11) is 0.937. The number of nitrogens with zero attached hydrogens (tertiary/aromatic N) is 2. The molecule has 0 saturated carbocycles. The van der Waals surface area contributed by atoms with E-state index in [1.165, 1.54) is 0 Å². The highest BCUT2D eigenvalue weighted by Gasteiger charge is 2.55. The fourth-order valence-corrected chi connectivity index (χ4v) is 5.03. The number of aliphatic hydroxyl groups is 1. The number of Topliss-reactive ketones (excluding diaryl/α,β-unsaturated/α-hetero) is 1. The van der Waals surface area contributed by atoms with Crippen LogP contribution in [-0.2, 0) is 22.5 Å². The van der Waals surface area contributed by atoms with E-state index in [0.29, 0.717) is 10.1 Å². The summed E-state index contributed by atoms with van der Waals surface area (Å²) in [5.74, 6) is -4.02. The van der Waals surface area contributed by atoms with E-state index in [-0.39, 0.29) is 24.2 Å². The smallest absolute Gasteiger partial charge is 0.407 e. The molecular formula is C30H32F7IN4O4. The lowest BCUT2D eigenvalue weighted by atomic mass is 9.77. The van der Waals surface area contributed by atoms with Crippen molar-refractivity contribution in [2.45, 2.75) is 58.1 Å². The zero-order valence-corrected chi connectivity index (χ0v) is 27.0. The normalized spacial score (nSPS) is 14.2. The second-order valence-electron chi connectivity index (χ2n) is 11.1. The maximum atomic E-state index is 14.9. The molecule has 0 unspecified atom stereocenters. The van der Waals surface area contributed by atoms with Crippen molar-refractivity contribution >= 4 is 34.5 Å². The van der Waals surface area contributed by atoms with Crippen molar-refractivity contribution in [2.75, 3.05) is 13.7 Å². The van der Waals surface area contributed by atoms with Crippen LogP contribution in [0, 0.1) is 26.5 Å². The van der Waals surface area contributed by atoms with Gasteiger partial charge in [0, 0.05) is 40.4 Å². The first-order chi connectivity index (χ1) is 21.4. The van der Waals surface area contributed by atoms with Gasteiger partial charge in [0.05, 0.1) is 30.7 Å². The molecule has 252 valence electrons. The van der Waals surface area contributed by atoms with E-state index in [1.54, 1.807) is 24.3 Å². The lowest BCUT2D eigenvalue weighted by molar-refractivity contribution is -0.220. The van der Waals surface area contributed by atoms with Gasteiger partial charge >= 0.3 is 18.8 Å². The van der Waals surface area contributed by atoms with Crippen molar-refractivity contribution in [2.24, 2.45) is 11.3 Å². The lowest BCUT2D eigenvalue weighted by Gasteiger charge is -2.36. The third-order valence-corrected chi connectivity index (χ3v) is 8.28. The van der Waals surface area contributed by atoms with Crippen LogP contribution in [-0.4, -0.2) is 58.5 Å². The molecule has 0 aliphatic carbocycles. The molecule has 2 aromatic carbocycles. The van der Waals surface area contributed by atoms with Crippen molar-refractivity contribution in [3.05, 3.63) is 75.3 Å². The van der Waals surface area contributed by atoms with Gasteiger partial charge in [0.15, 0.2) is 5.78 Å². The molecule has 0 aliphatic heterocycles. The molecule has 46 heavy (non-hydrogen) atoms. The molecule has 0 spiro atoms. The lowest BCUT2D eigenvalue weighted by Crippen LogP contribution is -2.56. The topological polar surface area (TPSA) is 105 Å². The Hall–Kier alpha value is -3.25. The molecule has 3 aromatic rings. The number of ketones is 1. The van der Waals surface area contributed by atoms with Crippen LogP contribution in [0.15, 0.2) is 48.9 Å². The molecule has 16 heteroatoms. The summed E-state index contributed by atoms with van der Waals surface area (Å²) in [5, 5.41) is 15.8. The van der Waals surface area contributed by atoms with Crippen LogP contribution in [0.5, 0.6) is 0 Å². The number of nitrogens with one attached hydrogen (secondary N) is 2. The number of aliphatic hydroxyl groups excluding tert-OH is 1. The van der Waals surface area contributed by atoms with E-state index in [2.05, 4.69) is 37.6 Å². The van der Waals surface area contributed by atoms with Gasteiger partial charge in [-0.2, -0.15) is 22.0 Å². The third kappa shape index (κ3) is 9.40. The van der Waals surface area contributed by atoms with E-state index < -0.39 is 78.2 Å². The highest BCUT2D eigenvalue weighted by molar-refractivity contribution is 14.1. The third-order valence-electron chi connectivity index (χ3n) is 7.56. The largest absolute Gasteiger partial charge is 0.453 e. The zero-order valence-electron chi connectivity index (χ0n) is 24.8. The van der Waals surface area contributed by atoms with Crippen LogP contribution in [0.1, 0.15) is 37.9 Å². The Kier molecular flexibility index (Phi) is 12.6. The van der Waals surface area contributed by atoms with Crippen LogP contribution in [0.4, 0.5) is 35.5 Å². The van der Waals surface area contributed by atoms with Crippen molar-refractivity contribution in [1.82, 2.24) is 20.2 Å². The minimum Gasteiger partial charge on any atom is -0.453 e. The first-order valence-corrected chi connectivity index (χ1v) is 14.9. The number of carbonyl (C=O) groups excluding carboxylic acids is 2. The molecule has 8 nitrogen and oxygen atoms in total. The maximum absolute atomic E-state index is 14.9. The monoisotopic (exact) mass is 772 g/mol. The number of aromatic nitrogens is 2. The number of carbonyl (C=O) groups is 2. The van der Waals surface area contributed by atoms with E-state index in [9.17, 15) is 45.4 Å². The van der Waals surface area contributed by atoms with Gasteiger partial charge in [-0.1, -0.05) is 12.1 Å². The summed E-state index contributed by atoms with van der Waals surface area (Å²) >= 11 is 2.07. The summed E-state index contributed by atoms with van der Waals surface area (Å²) in [6.45, 7) is -2.12. The predicted octanol–water partition coefficient (Wildman–Crippen LogP) is 6.41. The molecule has 0 saturated heterocycles. The molecule has 3 atom stereocenters. The van der Waals surface area contributed by atoms with Gasteiger partial charge in [0.2, 0.25) is 0 Å². The molecule has 3 rings (SSSR count). The number of halogens is 8. The molecule has 1 amide bonds. The number of hydrogen-bond donors (Lipinski definition) is 3. The predicted molar refractivity (Wildman–Crippen MR) is 162 cm³/mol. The van der Waals surface area contributed by atoms with Crippen LogP contribution in [0.3, 0.4) is 0 Å². The van der Waals surface area contributed by atoms with Gasteiger partial charge in [-0.15, -0.1) is 0 Å². The Labute approximate surface area is 273 Å². The number of alkyl carbamates (subject to hydrolysis) is 1. The van der Waals surface area contributed by atoms with Gasteiger partial charge in [-0.3, -0.25) is 9.36 Å². The van der Waals surface area contributed by atoms with Crippen LogP contribution in [0.25, 0.3) is 11.3 Å². The van der Waals surface area contributed by atoms with Crippen LogP contribution in [0.2, 0.25) is 0 Å². The van der Waals surface area contributed by atoms with Gasteiger partial charge in [0.25, 0.3) is 0 Å². The highest BCUT2D eigenvalue weighted by atomic mass is 127. The molecule has 3 N–H and O–H groups in total. The molecule has 0 bridgehead atoms. The number of rotatable bonds is 14. The molecule has 0 fully saturated rings. The molecule has 1 heterocycles. The van der Waals surface area contributed by atoms with Crippen molar-refractivity contribution < 1.29 is 50.2 Å². The van der Waals surface area contributed by atoms with Gasteiger partial charge < -0.3 is 20.5 Å². The standard InChI is InChI=1S/C30H32F7IN4O4/c1-29(2,30(35,36)37)26(41-28(45)46-3)24(43)11-18(8-16-4-6-19(38)7-5-16)25(44)13-39-12-20-21(31)9-17(10-22(20)32)23-14-42(15-40-23)27(33)34/h4-7,9-10,14-15,18,25-27,39,44H,8,11-13H2,1-3H3,(H,41,45)/t18-,25+,26-/m1/s1. The fourth-order valence-electron chi connectivity index (χ4n) is 4.67. The maximum Gasteiger partial charge on any atom is 0.407 e. The summed E-state index contributed by atoms with van der Waals surface area (Å²) in [4.78, 5) is 29.0. The summed E-state index contributed by atoms with van der Waals surface area (Å²) in [6, 6.07) is 6.77. The molecule has 0 aliphatic rings. The van der Waals surface area contributed by atoms with Crippen molar-refractivity contribution in [1.29, 1.82) is 0 Å². The van der Waals surface area contributed by atoms with Gasteiger partial charge in [0.1, 0.15) is 17.7 Å². The van der Waals surface area contributed by atoms with Crippen molar-refractivity contribution in [3.8, 4) is 11.3 Å². The second kappa shape index (κ2) is 15.6. The van der Waals surface area contributed by atoms with Crippen LogP contribution < -0.4 is 10.6 Å². The highest BCUT2D eigenvalue weighted by Crippen LogP contribution is 2.41. The Morgan fingerprint density at radius 1 is 1.09 bits per heavy atom. The zero-order chi connectivity index (χ0) is 34.4. The summed E-state index contributed by atoms with van der Waals surface area (Å²) in [5.41, 5.74) is -2.63. The van der Waals surface area contributed by atoms with Gasteiger partial charge in [-0.25, -0.2) is 18.6 Å². The molecule has 1 aromatic heterocycles. The minimum absolute atomic E-state index is 0.0472. The molecular weight excluding hydrogens is 740 g/mol. The SMILES string of the molecule is COC(=O)N[C@H](C(=O)C[C@@H](Cc1ccc(I)cc1)[C@@H](O)CNCc1c(F)cc(-c2cn(C(F)F)cn2)cc1F)C(C)(C)C(F)(F)F. The number of imidazole rings is 1. The Morgan fingerprint density at radius 2 is 1.70 bits per heavy atom. The number of alkyl halides is 5. The summed E-state index contributed by atoms with van der Waals surface area (Å²) in [6.07, 6.45) is -6.32. The molecule has 0 radical (unpaired) electrons. The Morgan fingerprint density at radius 3 is 2.22 bits per heavy atom. The number of benzene rings is 2. The van der Waals surface area contributed by atoms with Crippen LogP contribution >= 0.6 is 22.6 Å². The Balaban J connectivity index is 1.79. The first-order valence-electron chi connectivity index (χ1n) is 13.8. The average Bonchev–Trinajstić information content (AvgIpc) is 3.48. The fraction of sp³-hybridized carbons (Fsp3) is 0.433. The van der Waals surface area contributed by atoms with E-state index in [4.69, 9.17) is 0 Å². The first kappa shape index (κ1) is 37.2. The van der Waals surface area contributed by atoms with Crippen molar-refractivity contribution in [3.63, 3.8) is 0 Å². The number of hydrogen-bond acceptors (Lipinski definition) is 6. The number of ether oxygens (including phenoxy) is 1. The number of methoxy groups -OCH3 is 1. The Bertz CT molecular complexity index is 1480. The number of amides is 1. The summed E-state index contributed by atoms with van der Waals surface area (Å²) < 4.78 is 103. The minimum atomic E-state index is -4.90. The van der Waals surface area contributed by atoms with Gasteiger partial charge in [-0.05, 0) is 78.6 Å². The van der Waals surface area contributed by atoms with E-state index in [0.717, 1.165) is 49.2 Å². The quantitative estimate of drug-likeness (QED) is 0.129. The second-order valence-corrected chi connectivity index (χ2v) is 12.4. The van der Waals surface area contributed by atoms with E-state index >= 15 is 0 Å². The van der Waals surface area contributed by atoms with E-state index in [1.807, 2.05) is 5.32 Å².